The van der Waals surface area contributed by atoms with Crippen LogP contribution in [0.15, 0.2) is 24.3 Å². The normalized spacial score (nSPS) is 16.9. The van der Waals surface area contributed by atoms with Crippen molar-refractivity contribution in [3.8, 4) is 0 Å². The number of carbonyl (C=O) groups excluding carboxylic acids is 1. The summed E-state index contributed by atoms with van der Waals surface area (Å²) in [4.78, 5) is 13.9. The SMILES string of the molecule is CN(CCNC(=O)CC1(O)CCCC1)Cc1ccc(F)cc1. The highest BCUT2D eigenvalue weighted by Crippen LogP contribution is 2.32. The van der Waals surface area contributed by atoms with Crippen molar-refractivity contribution in [3.63, 3.8) is 0 Å². The van der Waals surface area contributed by atoms with Gasteiger partial charge >= 0.3 is 0 Å². The van der Waals surface area contributed by atoms with E-state index in [1.165, 1.54) is 12.1 Å². The van der Waals surface area contributed by atoms with Gasteiger partial charge in [0.1, 0.15) is 5.82 Å². The van der Waals surface area contributed by atoms with Gasteiger partial charge in [-0.3, -0.25) is 4.79 Å². The molecule has 0 aromatic heterocycles. The number of benzene rings is 1. The first-order valence-corrected chi connectivity index (χ1v) is 7.89. The number of hydrogen-bond acceptors (Lipinski definition) is 3. The molecular weight excluding hydrogens is 283 g/mol. The van der Waals surface area contributed by atoms with Crippen molar-refractivity contribution in [1.82, 2.24) is 10.2 Å². The molecule has 1 fully saturated rings. The number of halogens is 1. The molecule has 1 amide bonds. The van der Waals surface area contributed by atoms with Crippen LogP contribution in [0.25, 0.3) is 0 Å². The summed E-state index contributed by atoms with van der Waals surface area (Å²) in [7, 11) is 1.96. The van der Waals surface area contributed by atoms with Crippen molar-refractivity contribution in [1.29, 1.82) is 0 Å². The molecular formula is C17H25FN2O2. The van der Waals surface area contributed by atoms with Gasteiger partial charge in [-0.15, -0.1) is 0 Å². The van der Waals surface area contributed by atoms with Gasteiger partial charge in [0.2, 0.25) is 5.91 Å². The summed E-state index contributed by atoms with van der Waals surface area (Å²) in [5.41, 5.74) is 0.250. The van der Waals surface area contributed by atoms with E-state index in [9.17, 15) is 14.3 Å². The van der Waals surface area contributed by atoms with Crippen molar-refractivity contribution < 1.29 is 14.3 Å². The molecule has 4 nitrogen and oxygen atoms in total. The van der Waals surface area contributed by atoms with Crippen LogP contribution in [0.1, 0.15) is 37.7 Å². The van der Waals surface area contributed by atoms with Gasteiger partial charge in [0.05, 0.1) is 12.0 Å². The summed E-state index contributed by atoms with van der Waals surface area (Å²) in [5.74, 6) is -0.317. The number of aliphatic hydroxyl groups is 1. The number of rotatable bonds is 7. The quantitative estimate of drug-likeness (QED) is 0.811. The fourth-order valence-electron chi connectivity index (χ4n) is 2.94. The van der Waals surface area contributed by atoms with Crippen LogP contribution in [-0.2, 0) is 11.3 Å². The van der Waals surface area contributed by atoms with Crippen molar-refractivity contribution in [3.05, 3.63) is 35.6 Å². The van der Waals surface area contributed by atoms with Crippen molar-refractivity contribution >= 4 is 5.91 Å². The summed E-state index contributed by atoms with van der Waals surface area (Å²) in [5, 5.41) is 13.0. The Balaban J connectivity index is 1.65. The lowest BCUT2D eigenvalue weighted by molar-refractivity contribution is -0.125. The largest absolute Gasteiger partial charge is 0.389 e. The van der Waals surface area contributed by atoms with Crippen LogP contribution in [0.4, 0.5) is 4.39 Å². The summed E-state index contributed by atoms with van der Waals surface area (Å²) in [6.07, 6.45) is 3.67. The van der Waals surface area contributed by atoms with Crippen molar-refractivity contribution in [2.45, 2.75) is 44.2 Å². The Kier molecular flexibility index (Phi) is 5.91. The molecule has 0 unspecified atom stereocenters. The van der Waals surface area contributed by atoms with Gasteiger partial charge in [-0.25, -0.2) is 4.39 Å². The lowest BCUT2D eigenvalue weighted by atomic mass is 9.98. The molecule has 122 valence electrons. The number of nitrogens with zero attached hydrogens (tertiary/aromatic N) is 1. The molecule has 2 rings (SSSR count). The van der Waals surface area contributed by atoms with Gasteiger partial charge in [0.25, 0.3) is 0 Å². The van der Waals surface area contributed by atoms with E-state index < -0.39 is 5.60 Å². The molecule has 2 N–H and O–H groups in total. The minimum Gasteiger partial charge on any atom is -0.389 e. The molecule has 5 heteroatoms. The summed E-state index contributed by atoms with van der Waals surface area (Å²) in [6.45, 7) is 1.97. The molecule has 0 saturated heterocycles. The zero-order valence-corrected chi connectivity index (χ0v) is 13.1. The lowest BCUT2D eigenvalue weighted by Gasteiger charge is -2.22. The van der Waals surface area contributed by atoms with E-state index in [1.54, 1.807) is 12.1 Å². The van der Waals surface area contributed by atoms with E-state index in [2.05, 4.69) is 10.2 Å². The first-order valence-electron chi connectivity index (χ1n) is 7.89. The maximum absolute atomic E-state index is 12.8. The van der Waals surface area contributed by atoms with Crippen LogP contribution in [-0.4, -0.2) is 41.7 Å². The first kappa shape index (κ1) is 16.9. The zero-order chi connectivity index (χ0) is 16.0. The molecule has 0 bridgehead atoms. The van der Waals surface area contributed by atoms with E-state index in [1.807, 2.05) is 7.05 Å². The van der Waals surface area contributed by atoms with Crippen molar-refractivity contribution in [2.75, 3.05) is 20.1 Å². The van der Waals surface area contributed by atoms with Crippen LogP contribution in [0.5, 0.6) is 0 Å². The molecule has 0 heterocycles. The Labute approximate surface area is 131 Å². The molecule has 1 aromatic rings. The number of carbonyl (C=O) groups is 1. The minimum atomic E-state index is -0.788. The van der Waals surface area contributed by atoms with Crippen LogP contribution in [0.2, 0.25) is 0 Å². The van der Waals surface area contributed by atoms with E-state index in [4.69, 9.17) is 0 Å². The highest BCUT2D eigenvalue weighted by atomic mass is 19.1. The van der Waals surface area contributed by atoms with Crippen molar-refractivity contribution in [2.24, 2.45) is 0 Å². The highest BCUT2D eigenvalue weighted by molar-refractivity contribution is 5.77. The summed E-state index contributed by atoms with van der Waals surface area (Å²) >= 11 is 0. The third-order valence-corrected chi connectivity index (χ3v) is 4.21. The Morgan fingerprint density at radius 2 is 1.95 bits per heavy atom. The molecule has 0 radical (unpaired) electrons. The Bertz CT molecular complexity index is 484. The summed E-state index contributed by atoms with van der Waals surface area (Å²) < 4.78 is 12.8. The minimum absolute atomic E-state index is 0.0837. The van der Waals surface area contributed by atoms with E-state index >= 15 is 0 Å². The topological polar surface area (TPSA) is 52.6 Å². The molecule has 1 aliphatic rings. The van der Waals surface area contributed by atoms with Gasteiger partial charge in [0, 0.05) is 19.6 Å². The maximum Gasteiger partial charge on any atom is 0.222 e. The smallest absolute Gasteiger partial charge is 0.222 e. The molecule has 1 aliphatic carbocycles. The van der Waals surface area contributed by atoms with E-state index in [0.29, 0.717) is 19.6 Å². The molecule has 1 saturated carbocycles. The third-order valence-electron chi connectivity index (χ3n) is 4.21. The average Bonchev–Trinajstić information content (AvgIpc) is 2.87. The second kappa shape index (κ2) is 7.70. The third kappa shape index (κ3) is 5.39. The monoisotopic (exact) mass is 308 g/mol. The second-order valence-electron chi connectivity index (χ2n) is 6.32. The number of nitrogens with one attached hydrogen (secondary N) is 1. The van der Waals surface area contributed by atoms with Gasteiger partial charge in [0.15, 0.2) is 0 Å². The molecule has 0 spiro atoms. The fourth-order valence-corrected chi connectivity index (χ4v) is 2.94. The molecule has 0 atom stereocenters. The van der Waals surface area contributed by atoms with Crippen LogP contribution in [0.3, 0.4) is 0 Å². The zero-order valence-electron chi connectivity index (χ0n) is 13.1. The summed E-state index contributed by atoms with van der Waals surface area (Å²) in [6, 6.07) is 6.43. The maximum atomic E-state index is 12.8. The number of amides is 1. The second-order valence-corrected chi connectivity index (χ2v) is 6.32. The van der Waals surface area contributed by atoms with Crippen LogP contribution in [0, 0.1) is 5.82 Å². The predicted molar refractivity (Wildman–Crippen MR) is 83.8 cm³/mol. The molecule has 0 aliphatic heterocycles. The standard InChI is InChI=1S/C17H25FN2O2/c1-20(13-14-4-6-15(18)7-5-14)11-10-19-16(21)12-17(22)8-2-3-9-17/h4-7,22H,2-3,8-13H2,1H3,(H,19,21). The van der Waals surface area contributed by atoms with Gasteiger partial charge < -0.3 is 15.3 Å². The number of likely N-dealkylation sites (N-methyl/N-ethyl adjacent to an activating group) is 1. The molecule has 1 aromatic carbocycles. The first-order chi connectivity index (χ1) is 10.5. The predicted octanol–water partition coefficient (Wildman–Crippen LogP) is 2.07. The fraction of sp³-hybridized carbons (Fsp3) is 0.588. The van der Waals surface area contributed by atoms with E-state index in [0.717, 1.165) is 31.2 Å². The Morgan fingerprint density at radius 1 is 1.32 bits per heavy atom. The Hall–Kier alpha value is -1.46. The highest BCUT2D eigenvalue weighted by Gasteiger charge is 2.33. The van der Waals surface area contributed by atoms with Gasteiger partial charge in [-0.1, -0.05) is 25.0 Å². The van der Waals surface area contributed by atoms with Crippen LogP contribution >= 0.6 is 0 Å². The van der Waals surface area contributed by atoms with Crippen LogP contribution < -0.4 is 5.32 Å². The number of hydrogen-bond donors (Lipinski definition) is 2. The Morgan fingerprint density at radius 3 is 2.59 bits per heavy atom. The average molecular weight is 308 g/mol. The van der Waals surface area contributed by atoms with Gasteiger partial charge in [-0.2, -0.15) is 0 Å². The van der Waals surface area contributed by atoms with E-state index in [-0.39, 0.29) is 18.1 Å². The van der Waals surface area contributed by atoms with Gasteiger partial charge in [-0.05, 0) is 37.6 Å². The lowest BCUT2D eigenvalue weighted by Crippen LogP contribution is -2.37. The molecule has 22 heavy (non-hydrogen) atoms.